The van der Waals surface area contributed by atoms with Gasteiger partial charge in [0.25, 0.3) is 5.91 Å². The molecule has 0 N–H and O–H groups in total. The summed E-state index contributed by atoms with van der Waals surface area (Å²) in [6.45, 7) is 1.96. The molecule has 1 atom stereocenters. The summed E-state index contributed by atoms with van der Waals surface area (Å²) in [5.74, 6) is -0.912. The molecule has 0 aliphatic carbocycles. The molecule has 0 saturated carbocycles. The van der Waals surface area contributed by atoms with E-state index in [2.05, 4.69) is 0 Å². The minimum atomic E-state index is -0.648. The largest absolute Gasteiger partial charge is 0.450 e. The molecule has 4 aromatic rings. The standard InChI is InChI=1S/C24H16FNO3/c1-14-7-10-17(11-8-14)26-21(15-5-3-2-4-6-15)20-22(27)18-13-16(25)9-12-19(18)29-23(20)24(26)28/h2-13,21H,1H3. The molecule has 142 valence electrons. The van der Waals surface area contributed by atoms with E-state index in [9.17, 15) is 14.0 Å². The normalized spacial score (nSPS) is 15.7. The van der Waals surface area contributed by atoms with Crippen LogP contribution < -0.4 is 10.3 Å². The topological polar surface area (TPSA) is 50.5 Å². The van der Waals surface area contributed by atoms with Gasteiger partial charge in [-0.15, -0.1) is 0 Å². The second-order valence-electron chi connectivity index (χ2n) is 7.14. The molecular weight excluding hydrogens is 369 g/mol. The molecule has 29 heavy (non-hydrogen) atoms. The first-order chi connectivity index (χ1) is 14.0. The first kappa shape index (κ1) is 17.4. The summed E-state index contributed by atoms with van der Waals surface area (Å²) < 4.78 is 19.6. The third-order valence-electron chi connectivity index (χ3n) is 5.26. The Morgan fingerprint density at radius 1 is 0.931 bits per heavy atom. The third-order valence-corrected chi connectivity index (χ3v) is 5.26. The van der Waals surface area contributed by atoms with Gasteiger partial charge in [0.05, 0.1) is 17.0 Å². The number of carbonyl (C=O) groups is 1. The first-order valence-corrected chi connectivity index (χ1v) is 9.26. The van der Waals surface area contributed by atoms with Crippen molar-refractivity contribution in [2.24, 2.45) is 0 Å². The molecule has 0 bridgehead atoms. The number of hydrogen-bond donors (Lipinski definition) is 0. The van der Waals surface area contributed by atoms with Crippen LogP contribution in [0.5, 0.6) is 0 Å². The maximum absolute atomic E-state index is 13.8. The van der Waals surface area contributed by atoms with Gasteiger partial charge in [0.2, 0.25) is 5.76 Å². The summed E-state index contributed by atoms with van der Waals surface area (Å²) >= 11 is 0. The molecule has 2 heterocycles. The van der Waals surface area contributed by atoms with E-state index in [0.29, 0.717) is 5.69 Å². The molecule has 5 rings (SSSR count). The van der Waals surface area contributed by atoms with Crippen LogP contribution in [0.2, 0.25) is 0 Å². The van der Waals surface area contributed by atoms with E-state index in [1.54, 1.807) is 4.90 Å². The number of amides is 1. The molecule has 1 aliphatic heterocycles. The summed E-state index contributed by atoms with van der Waals surface area (Å²) in [6, 6.07) is 19.9. The van der Waals surface area contributed by atoms with Gasteiger partial charge in [-0.3, -0.25) is 14.5 Å². The van der Waals surface area contributed by atoms with Gasteiger partial charge in [0.1, 0.15) is 11.4 Å². The van der Waals surface area contributed by atoms with E-state index in [0.717, 1.165) is 17.2 Å². The maximum Gasteiger partial charge on any atom is 0.295 e. The summed E-state index contributed by atoms with van der Waals surface area (Å²) in [7, 11) is 0. The Hall–Kier alpha value is -3.73. The van der Waals surface area contributed by atoms with Crippen molar-refractivity contribution in [2.75, 3.05) is 4.90 Å². The van der Waals surface area contributed by atoms with Gasteiger partial charge in [-0.05, 0) is 42.8 Å². The minimum Gasteiger partial charge on any atom is -0.450 e. The summed E-state index contributed by atoms with van der Waals surface area (Å²) in [6.07, 6.45) is 0. The van der Waals surface area contributed by atoms with Crippen LogP contribution in [-0.4, -0.2) is 5.91 Å². The Balaban J connectivity index is 1.82. The lowest BCUT2D eigenvalue weighted by Gasteiger charge is -2.25. The quantitative estimate of drug-likeness (QED) is 0.488. The summed E-state index contributed by atoms with van der Waals surface area (Å²) in [5, 5.41) is 0.128. The number of carbonyl (C=O) groups excluding carboxylic acids is 1. The molecule has 1 unspecified atom stereocenters. The number of aryl methyl sites for hydroxylation is 1. The van der Waals surface area contributed by atoms with Crippen LogP contribution in [0.4, 0.5) is 10.1 Å². The molecule has 0 radical (unpaired) electrons. The van der Waals surface area contributed by atoms with Gasteiger partial charge >= 0.3 is 0 Å². The Morgan fingerprint density at radius 2 is 1.66 bits per heavy atom. The number of rotatable bonds is 2. The van der Waals surface area contributed by atoms with Crippen molar-refractivity contribution in [2.45, 2.75) is 13.0 Å². The van der Waals surface area contributed by atoms with E-state index in [4.69, 9.17) is 4.42 Å². The highest BCUT2D eigenvalue weighted by molar-refractivity contribution is 6.10. The van der Waals surface area contributed by atoms with Crippen molar-refractivity contribution < 1.29 is 13.6 Å². The predicted octanol–water partition coefficient (Wildman–Crippen LogP) is 4.99. The van der Waals surface area contributed by atoms with Crippen LogP contribution in [0.25, 0.3) is 11.0 Å². The lowest BCUT2D eigenvalue weighted by Crippen LogP contribution is -2.29. The van der Waals surface area contributed by atoms with Crippen molar-refractivity contribution in [3.63, 3.8) is 0 Å². The fourth-order valence-corrected chi connectivity index (χ4v) is 3.87. The van der Waals surface area contributed by atoms with Gasteiger partial charge in [-0.1, -0.05) is 48.0 Å². The molecule has 0 fully saturated rings. The monoisotopic (exact) mass is 385 g/mol. The summed E-state index contributed by atoms with van der Waals surface area (Å²) in [4.78, 5) is 28.2. The van der Waals surface area contributed by atoms with Crippen LogP contribution in [-0.2, 0) is 0 Å². The Labute approximate surface area is 165 Å². The molecule has 0 spiro atoms. The molecular formula is C24H16FNO3. The van der Waals surface area contributed by atoms with Crippen molar-refractivity contribution in [3.8, 4) is 0 Å². The molecule has 5 heteroatoms. The van der Waals surface area contributed by atoms with E-state index >= 15 is 0 Å². The first-order valence-electron chi connectivity index (χ1n) is 9.26. The van der Waals surface area contributed by atoms with Crippen molar-refractivity contribution >= 4 is 22.6 Å². The number of anilines is 1. The number of nitrogens with zero attached hydrogens (tertiary/aromatic N) is 1. The smallest absolute Gasteiger partial charge is 0.295 e. The fraction of sp³-hybridized carbons (Fsp3) is 0.0833. The van der Waals surface area contributed by atoms with E-state index in [1.165, 1.54) is 12.1 Å². The predicted molar refractivity (Wildman–Crippen MR) is 109 cm³/mol. The molecule has 1 aromatic heterocycles. The van der Waals surface area contributed by atoms with Crippen LogP contribution in [0.1, 0.15) is 33.3 Å². The van der Waals surface area contributed by atoms with Gasteiger partial charge in [-0.25, -0.2) is 4.39 Å². The van der Waals surface area contributed by atoms with Gasteiger partial charge in [0, 0.05) is 5.69 Å². The van der Waals surface area contributed by atoms with Gasteiger partial charge in [0.15, 0.2) is 5.43 Å². The molecule has 4 nitrogen and oxygen atoms in total. The minimum absolute atomic E-state index is 0.00327. The molecule has 0 saturated heterocycles. The average molecular weight is 385 g/mol. The second-order valence-corrected chi connectivity index (χ2v) is 7.14. The van der Waals surface area contributed by atoms with Gasteiger partial charge < -0.3 is 4.42 Å². The van der Waals surface area contributed by atoms with Crippen LogP contribution in [0, 0.1) is 12.7 Å². The highest BCUT2D eigenvalue weighted by Gasteiger charge is 2.43. The lowest BCUT2D eigenvalue weighted by molar-refractivity contribution is 0.0971. The Morgan fingerprint density at radius 3 is 2.38 bits per heavy atom. The van der Waals surface area contributed by atoms with Crippen LogP contribution in [0.15, 0.2) is 82.0 Å². The van der Waals surface area contributed by atoms with E-state index in [1.807, 2.05) is 61.5 Å². The number of halogens is 1. The second kappa shape index (κ2) is 6.41. The Kier molecular flexibility index (Phi) is 3.84. The summed E-state index contributed by atoms with van der Waals surface area (Å²) in [5.41, 5.74) is 2.54. The maximum atomic E-state index is 13.8. The SMILES string of the molecule is Cc1ccc(N2C(=O)c3oc4ccc(F)cc4c(=O)c3C2c2ccccc2)cc1. The zero-order valence-corrected chi connectivity index (χ0v) is 15.6. The Bertz CT molecular complexity index is 1310. The lowest BCUT2D eigenvalue weighted by atomic mass is 9.98. The van der Waals surface area contributed by atoms with Crippen LogP contribution in [0.3, 0.4) is 0 Å². The zero-order valence-electron chi connectivity index (χ0n) is 15.6. The van der Waals surface area contributed by atoms with Crippen molar-refractivity contribution in [1.29, 1.82) is 0 Å². The number of hydrogen-bond acceptors (Lipinski definition) is 3. The fourth-order valence-electron chi connectivity index (χ4n) is 3.87. The highest BCUT2D eigenvalue weighted by atomic mass is 19.1. The highest BCUT2D eigenvalue weighted by Crippen LogP contribution is 2.41. The van der Waals surface area contributed by atoms with Crippen LogP contribution >= 0.6 is 0 Å². The molecule has 1 aliphatic rings. The number of fused-ring (bicyclic) bond motifs is 2. The van der Waals surface area contributed by atoms with E-state index in [-0.39, 0.29) is 28.2 Å². The average Bonchev–Trinajstić information content (AvgIpc) is 3.03. The third kappa shape index (κ3) is 2.66. The molecule has 3 aromatic carbocycles. The zero-order chi connectivity index (χ0) is 20.1. The molecule has 1 amide bonds. The van der Waals surface area contributed by atoms with Crippen molar-refractivity contribution in [3.05, 3.63) is 111 Å². The number of benzene rings is 3. The van der Waals surface area contributed by atoms with Crippen molar-refractivity contribution in [1.82, 2.24) is 0 Å². The van der Waals surface area contributed by atoms with E-state index < -0.39 is 17.3 Å². The van der Waals surface area contributed by atoms with Gasteiger partial charge in [-0.2, -0.15) is 0 Å².